The number of carboxylic acids is 1. The van der Waals surface area contributed by atoms with Crippen LogP contribution in [0, 0.1) is 6.92 Å². The fourth-order valence-corrected chi connectivity index (χ4v) is 3.78. The highest BCUT2D eigenvalue weighted by atomic mass is 32.1. The number of methoxy groups -OCH3 is 2. The molecule has 3 rings (SSSR count). The average molecular weight is 498 g/mol. The van der Waals surface area contributed by atoms with Crippen LogP contribution in [-0.2, 0) is 6.42 Å². The largest absolute Gasteiger partial charge is 0.493 e. The molecule has 1 heterocycles. The zero-order valence-corrected chi connectivity index (χ0v) is 19.7. The van der Waals surface area contributed by atoms with Crippen molar-refractivity contribution in [2.24, 2.45) is 0 Å². The summed E-state index contributed by atoms with van der Waals surface area (Å²) in [5.74, 6) is 0.125. The van der Waals surface area contributed by atoms with Gasteiger partial charge in [0.05, 0.1) is 25.6 Å². The highest BCUT2D eigenvalue weighted by Gasteiger charge is 2.25. The molecule has 4 N–H and O–H groups in total. The zero-order chi connectivity index (χ0) is 25.3. The Morgan fingerprint density at radius 3 is 2.44 bits per heavy atom. The second-order valence-corrected chi connectivity index (χ2v) is 8.17. The molecule has 0 aliphatic heterocycles. The van der Waals surface area contributed by atoms with Crippen LogP contribution in [0.25, 0.3) is 10.4 Å². The van der Waals surface area contributed by atoms with Gasteiger partial charge in [0.15, 0.2) is 22.3 Å². The number of nitrogens with one attached hydrogen (secondary N) is 1. The second-order valence-electron chi connectivity index (χ2n) is 7.14. The van der Waals surface area contributed by atoms with Crippen LogP contribution in [0.2, 0.25) is 0 Å². The third kappa shape index (κ3) is 8.23. The van der Waals surface area contributed by atoms with E-state index >= 15 is 0 Å². The number of anilines is 1. The number of rotatable bonds is 8. The van der Waals surface area contributed by atoms with Crippen molar-refractivity contribution in [1.29, 1.82) is 0 Å². The maximum absolute atomic E-state index is 11.9. The number of nitrogens with two attached hydrogens (primary N) is 1. The molecule has 11 heteroatoms. The van der Waals surface area contributed by atoms with Crippen molar-refractivity contribution in [3.63, 3.8) is 0 Å². The molecule has 0 aliphatic rings. The lowest BCUT2D eigenvalue weighted by atomic mass is 10.1. The van der Waals surface area contributed by atoms with Gasteiger partial charge in [-0.15, -0.1) is 0 Å². The van der Waals surface area contributed by atoms with Gasteiger partial charge in [-0.2, -0.15) is 13.2 Å². The minimum Gasteiger partial charge on any atom is -0.493 e. The number of benzene rings is 2. The van der Waals surface area contributed by atoms with Gasteiger partial charge in [0.25, 0.3) is 0 Å². The Bertz CT molecular complexity index is 1100. The standard InChI is InChI=1S/C12H16F3NO2.C11H10N2O2S/c1-17-10-4-3-9(7-11(10)18-2)5-6-16-8-12(13,14)15;1-6-3-2-4-7(5-6)9-8(10(14)15)13-11(12)16-9/h3-4,7,16H,5-6,8H2,1-2H3;2-5H,1H3,(H2,12,13)(H,14,15). The van der Waals surface area contributed by atoms with Crippen LogP contribution in [0.3, 0.4) is 0 Å². The van der Waals surface area contributed by atoms with E-state index in [4.69, 9.17) is 20.3 Å². The Hall–Kier alpha value is -3.31. The van der Waals surface area contributed by atoms with Gasteiger partial charge in [0, 0.05) is 0 Å². The molecule has 0 amide bonds. The molecule has 0 fully saturated rings. The number of hydrogen-bond acceptors (Lipinski definition) is 7. The molecular weight excluding hydrogens is 471 g/mol. The number of hydrogen-bond donors (Lipinski definition) is 3. The van der Waals surface area contributed by atoms with Gasteiger partial charge in [-0.05, 0) is 43.1 Å². The van der Waals surface area contributed by atoms with E-state index < -0.39 is 18.7 Å². The maximum Gasteiger partial charge on any atom is 0.401 e. The summed E-state index contributed by atoms with van der Waals surface area (Å²) in [6.45, 7) is 1.24. The molecule has 0 atom stereocenters. The number of aromatic nitrogens is 1. The Labute approximate surface area is 199 Å². The van der Waals surface area contributed by atoms with E-state index in [0.717, 1.165) is 16.7 Å². The third-order valence-corrected chi connectivity index (χ3v) is 5.42. The zero-order valence-electron chi connectivity index (χ0n) is 18.9. The molecule has 2 aromatic carbocycles. The summed E-state index contributed by atoms with van der Waals surface area (Å²) < 4.78 is 45.9. The van der Waals surface area contributed by atoms with Gasteiger partial charge in [-0.25, -0.2) is 9.78 Å². The van der Waals surface area contributed by atoms with Crippen molar-refractivity contribution in [2.75, 3.05) is 33.0 Å². The van der Waals surface area contributed by atoms with Crippen molar-refractivity contribution in [1.82, 2.24) is 10.3 Å². The Balaban J connectivity index is 0.000000241. The van der Waals surface area contributed by atoms with Crippen LogP contribution in [0.5, 0.6) is 11.5 Å². The smallest absolute Gasteiger partial charge is 0.401 e. The molecule has 1 aromatic heterocycles. The summed E-state index contributed by atoms with van der Waals surface area (Å²) in [5, 5.41) is 11.6. The van der Waals surface area contributed by atoms with Crippen LogP contribution in [0.15, 0.2) is 42.5 Å². The lowest BCUT2D eigenvalue weighted by molar-refractivity contribution is -0.124. The predicted molar refractivity (Wildman–Crippen MR) is 126 cm³/mol. The first-order valence-electron chi connectivity index (χ1n) is 10.1. The summed E-state index contributed by atoms with van der Waals surface area (Å²) in [6, 6.07) is 12.9. The predicted octanol–water partition coefficient (Wildman–Crippen LogP) is 4.80. The van der Waals surface area contributed by atoms with Crippen LogP contribution < -0.4 is 20.5 Å². The molecule has 0 saturated heterocycles. The van der Waals surface area contributed by atoms with Gasteiger partial charge in [0.1, 0.15) is 0 Å². The van der Waals surface area contributed by atoms with Crippen molar-refractivity contribution >= 4 is 22.4 Å². The minimum atomic E-state index is -4.17. The van der Waals surface area contributed by atoms with Crippen molar-refractivity contribution in [2.45, 2.75) is 19.5 Å². The van der Waals surface area contributed by atoms with E-state index in [-0.39, 0.29) is 17.4 Å². The van der Waals surface area contributed by atoms with Crippen molar-refractivity contribution in [3.8, 4) is 21.9 Å². The van der Waals surface area contributed by atoms with Gasteiger partial charge >= 0.3 is 12.1 Å². The summed E-state index contributed by atoms with van der Waals surface area (Å²) in [5.41, 5.74) is 8.36. The topological polar surface area (TPSA) is 107 Å². The monoisotopic (exact) mass is 497 g/mol. The number of thiazole rings is 1. The second kappa shape index (κ2) is 12.2. The van der Waals surface area contributed by atoms with E-state index in [2.05, 4.69) is 10.3 Å². The first kappa shape index (κ1) is 26.9. The maximum atomic E-state index is 11.9. The highest BCUT2D eigenvalue weighted by molar-refractivity contribution is 7.19. The van der Waals surface area contributed by atoms with Crippen molar-refractivity contribution < 1.29 is 32.5 Å². The molecule has 0 aliphatic carbocycles. The molecule has 184 valence electrons. The number of aromatic carboxylic acids is 1. The summed E-state index contributed by atoms with van der Waals surface area (Å²) in [4.78, 5) is 15.4. The number of carboxylic acid groups (broad SMARTS) is 1. The Morgan fingerprint density at radius 2 is 1.85 bits per heavy atom. The van der Waals surface area contributed by atoms with Crippen LogP contribution in [0.4, 0.5) is 18.3 Å². The lowest BCUT2D eigenvalue weighted by Crippen LogP contribution is -2.30. The third-order valence-electron chi connectivity index (χ3n) is 4.49. The first-order valence-corrected chi connectivity index (χ1v) is 10.9. The molecule has 34 heavy (non-hydrogen) atoms. The fraction of sp³-hybridized carbons (Fsp3) is 0.304. The number of nitrogens with zero attached hydrogens (tertiary/aromatic N) is 1. The quantitative estimate of drug-likeness (QED) is 0.384. The Morgan fingerprint density at radius 1 is 1.15 bits per heavy atom. The Kier molecular flexibility index (Phi) is 9.69. The molecule has 0 spiro atoms. The molecule has 3 aromatic rings. The molecule has 0 radical (unpaired) electrons. The van der Waals surface area contributed by atoms with Crippen molar-refractivity contribution in [3.05, 3.63) is 59.3 Å². The van der Waals surface area contributed by atoms with E-state index in [9.17, 15) is 18.0 Å². The first-order chi connectivity index (χ1) is 16.0. The van der Waals surface area contributed by atoms with E-state index in [0.29, 0.717) is 22.8 Å². The number of halogens is 3. The number of alkyl halides is 3. The molecule has 0 unspecified atom stereocenters. The van der Waals surface area contributed by atoms with E-state index in [1.54, 1.807) is 18.2 Å². The number of carbonyl (C=O) groups is 1. The number of nitrogen functional groups attached to an aromatic ring is 1. The van der Waals surface area contributed by atoms with Crippen LogP contribution >= 0.6 is 11.3 Å². The minimum absolute atomic E-state index is 0.0214. The molecule has 0 bridgehead atoms. The normalized spacial score (nSPS) is 10.9. The SMILES string of the molecule is COc1ccc(CCNCC(F)(F)F)cc1OC.Cc1cccc(-c2sc(N)nc2C(=O)O)c1. The summed E-state index contributed by atoms with van der Waals surface area (Å²) in [6.07, 6.45) is -3.67. The van der Waals surface area contributed by atoms with E-state index in [1.165, 1.54) is 25.6 Å². The lowest BCUT2D eigenvalue weighted by Gasteiger charge is -2.10. The molecular formula is C23H26F3N3O4S. The number of aryl methyl sites for hydroxylation is 1. The van der Waals surface area contributed by atoms with E-state index in [1.807, 2.05) is 31.2 Å². The van der Waals surface area contributed by atoms with Gasteiger partial charge in [-0.3, -0.25) is 0 Å². The van der Waals surface area contributed by atoms with Crippen LogP contribution in [-0.4, -0.2) is 49.5 Å². The highest BCUT2D eigenvalue weighted by Crippen LogP contribution is 2.32. The van der Waals surface area contributed by atoms with Gasteiger partial charge < -0.3 is 25.6 Å². The van der Waals surface area contributed by atoms with Gasteiger partial charge in [-0.1, -0.05) is 47.2 Å². The van der Waals surface area contributed by atoms with Gasteiger partial charge in [0.2, 0.25) is 0 Å². The molecule has 7 nitrogen and oxygen atoms in total. The number of ether oxygens (including phenoxy) is 2. The fourth-order valence-electron chi connectivity index (χ4n) is 2.96. The summed E-state index contributed by atoms with van der Waals surface area (Å²) in [7, 11) is 3.05. The summed E-state index contributed by atoms with van der Waals surface area (Å²) >= 11 is 1.19. The van der Waals surface area contributed by atoms with Crippen LogP contribution in [0.1, 0.15) is 21.6 Å². The molecule has 0 saturated carbocycles. The average Bonchev–Trinajstić information content (AvgIpc) is 3.18.